The van der Waals surface area contributed by atoms with Gasteiger partial charge in [0.05, 0.1) is 0 Å². The van der Waals surface area contributed by atoms with Crippen molar-refractivity contribution in [3.8, 4) is 11.8 Å². The highest BCUT2D eigenvalue weighted by Crippen LogP contribution is 2.06. The lowest BCUT2D eigenvalue weighted by Crippen LogP contribution is -2.18. The molecule has 1 aromatic rings. The maximum atomic E-state index is 8.58. The summed E-state index contributed by atoms with van der Waals surface area (Å²) in [6.45, 7) is 4.19. The summed E-state index contributed by atoms with van der Waals surface area (Å²) in [6, 6.07) is 8.18. The minimum atomic E-state index is -0.0824. The van der Waals surface area contributed by atoms with Gasteiger partial charge in [0.25, 0.3) is 0 Å². The Morgan fingerprint density at radius 2 is 1.94 bits per heavy atom. The number of aliphatic hydroxyl groups is 1. The first-order valence-corrected chi connectivity index (χ1v) is 5.63. The largest absolute Gasteiger partial charge is 0.384 e. The second kappa shape index (κ2) is 7.05. The molecule has 0 spiro atoms. The summed E-state index contributed by atoms with van der Waals surface area (Å²) < 4.78 is 0. The standard InChI is InChI=1S/C14H19NO/c1-3-10-15(2)12-14-8-6-13(7-9-14)5-4-11-16/h6-9,16H,3,10-12H2,1-2H3. The van der Waals surface area contributed by atoms with Crippen LogP contribution in [0.25, 0.3) is 0 Å². The zero-order chi connectivity index (χ0) is 11.8. The smallest absolute Gasteiger partial charge is 0.104 e. The van der Waals surface area contributed by atoms with E-state index in [0.29, 0.717) is 0 Å². The third-order valence-corrected chi connectivity index (χ3v) is 2.32. The number of benzene rings is 1. The van der Waals surface area contributed by atoms with Gasteiger partial charge >= 0.3 is 0 Å². The van der Waals surface area contributed by atoms with Crippen molar-refractivity contribution in [2.45, 2.75) is 19.9 Å². The van der Waals surface area contributed by atoms with Crippen LogP contribution in [0, 0.1) is 11.8 Å². The quantitative estimate of drug-likeness (QED) is 0.778. The molecule has 0 unspecified atom stereocenters. The molecule has 2 nitrogen and oxygen atoms in total. The van der Waals surface area contributed by atoms with Gasteiger partial charge in [-0.1, -0.05) is 30.9 Å². The Morgan fingerprint density at radius 3 is 2.50 bits per heavy atom. The van der Waals surface area contributed by atoms with Crippen LogP contribution in [0.2, 0.25) is 0 Å². The van der Waals surface area contributed by atoms with E-state index in [-0.39, 0.29) is 6.61 Å². The molecular weight excluding hydrogens is 198 g/mol. The third-order valence-electron chi connectivity index (χ3n) is 2.32. The lowest BCUT2D eigenvalue weighted by Gasteiger charge is -2.15. The number of aliphatic hydroxyl groups excluding tert-OH is 1. The van der Waals surface area contributed by atoms with Crippen LogP contribution >= 0.6 is 0 Å². The van der Waals surface area contributed by atoms with E-state index in [9.17, 15) is 0 Å². The number of hydrogen-bond donors (Lipinski definition) is 1. The summed E-state index contributed by atoms with van der Waals surface area (Å²) in [6.07, 6.45) is 1.18. The molecule has 0 aliphatic heterocycles. The predicted molar refractivity (Wildman–Crippen MR) is 67.0 cm³/mol. The maximum absolute atomic E-state index is 8.58. The van der Waals surface area contributed by atoms with Gasteiger partial charge in [0.1, 0.15) is 6.61 Å². The summed E-state index contributed by atoms with van der Waals surface area (Å²) in [5, 5.41) is 8.58. The molecule has 2 heteroatoms. The fraction of sp³-hybridized carbons (Fsp3) is 0.429. The topological polar surface area (TPSA) is 23.5 Å². The van der Waals surface area contributed by atoms with Crippen molar-refractivity contribution < 1.29 is 5.11 Å². The second-order valence-corrected chi connectivity index (χ2v) is 3.89. The molecule has 0 aromatic heterocycles. The van der Waals surface area contributed by atoms with E-state index in [0.717, 1.165) is 18.7 Å². The summed E-state index contributed by atoms with van der Waals surface area (Å²) >= 11 is 0. The first-order valence-electron chi connectivity index (χ1n) is 5.63. The fourth-order valence-corrected chi connectivity index (χ4v) is 1.61. The molecule has 86 valence electrons. The highest BCUT2D eigenvalue weighted by molar-refractivity contribution is 5.36. The number of hydrogen-bond acceptors (Lipinski definition) is 2. The van der Waals surface area contributed by atoms with Crippen molar-refractivity contribution in [3.05, 3.63) is 35.4 Å². The molecule has 0 heterocycles. The molecular formula is C14H19NO. The van der Waals surface area contributed by atoms with Gasteiger partial charge in [0.15, 0.2) is 0 Å². The lowest BCUT2D eigenvalue weighted by atomic mass is 10.1. The van der Waals surface area contributed by atoms with Gasteiger partial charge in [0.2, 0.25) is 0 Å². The zero-order valence-electron chi connectivity index (χ0n) is 10.0. The van der Waals surface area contributed by atoms with Gasteiger partial charge in [-0.2, -0.15) is 0 Å². The Kier molecular flexibility index (Phi) is 5.63. The van der Waals surface area contributed by atoms with Crippen LogP contribution in [0.5, 0.6) is 0 Å². The minimum Gasteiger partial charge on any atom is -0.384 e. The van der Waals surface area contributed by atoms with E-state index in [1.807, 2.05) is 12.1 Å². The lowest BCUT2D eigenvalue weighted by molar-refractivity contribution is 0.327. The van der Waals surface area contributed by atoms with Gasteiger partial charge in [0, 0.05) is 12.1 Å². The molecule has 0 saturated carbocycles. The SMILES string of the molecule is CCCN(C)Cc1ccc(C#CCO)cc1. The molecule has 0 saturated heterocycles. The van der Waals surface area contributed by atoms with E-state index in [1.54, 1.807) is 0 Å². The number of nitrogens with zero attached hydrogens (tertiary/aromatic N) is 1. The molecule has 0 fully saturated rings. The molecule has 1 N–H and O–H groups in total. The Bertz CT molecular complexity index is 359. The Balaban J connectivity index is 2.57. The van der Waals surface area contributed by atoms with Crippen molar-refractivity contribution in [1.82, 2.24) is 4.90 Å². The molecule has 0 aliphatic carbocycles. The van der Waals surface area contributed by atoms with E-state index in [1.165, 1.54) is 12.0 Å². The van der Waals surface area contributed by atoms with Gasteiger partial charge < -0.3 is 10.0 Å². The van der Waals surface area contributed by atoms with Crippen LogP contribution in [0.3, 0.4) is 0 Å². The average Bonchev–Trinajstić information content (AvgIpc) is 2.28. The Morgan fingerprint density at radius 1 is 1.25 bits per heavy atom. The molecule has 1 aromatic carbocycles. The molecule has 16 heavy (non-hydrogen) atoms. The highest BCUT2D eigenvalue weighted by atomic mass is 16.2. The Labute approximate surface area is 97.9 Å². The van der Waals surface area contributed by atoms with Gasteiger partial charge in [-0.3, -0.25) is 0 Å². The van der Waals surface area contributed by atoms with E-state index < -0.39 is 0 Å². The van der Waals surface area contributed by atoms with Crippen molar-refractivity contribution in [2.24, 2.45) is 0 Å². The average molecular weight is 217 g/mol. The van der Waals surface area contributed by atoms with Crippen molar-refractivity contribution in [1.29, 1.82) is 0 Å². The molecule has 0 bridgehead atoms. The fourth-order valence-electron chi connectivity index (χ4n) is 1.61. The van der Waals surface area contributed by atoms with Crippen LogP contribution in [-0.4, -0.2) is 30.2 Å². The number of rotatable bonds is 4. The monoisotopic (exact) mass is 217 g/mol. The normalized spacial score (nSPS) is 10.0. The van der Waals surface area contributed by atoms with E-state index >= 15 is 0 Å². The molecule has 0 aliphatic rings. The predicted octanol–water partition coefficient (Wildman–Crippen LogP) is 1.87. The minimum absolute atomic E-state index is 0.0824. The van der Waals surface area contributed by atoms with Gasteiger partial charge in [-0.25, -0.2) is 0 Å². The highest BCUT2D eigenvalue weighted by Gasteiger charge is 1.98. The molecule has 0 radical (unpaired) electrons. The maximum Gasteiger partial charge on any atom is 0.104 e. The summed E-state index contributed by atoms with van der Waals surface area (Å²) in [7, 11) is 2.13. The summed E-state index contributed by atoms with van der Waals surface area (Å²) in [5.74, 6) is 5.53. The van der Waals surface area contributed by atoms with Crippen molar-refractivity contribution in [2.75, 3.05) is 20.2 Å². The first-order chi connectivity index (χ1) is 7.76. The van der Waals surface area contributed by atoms with Gasteiger partial charge in [-0.15, -0.1) is 0 Å². The van der Waals surface area contributed by atoms with E-state index in [2.05, 4.69) is 42.8 Å². The van der Waals surface area contributed by atoms with Crippen LogP contribution in [0.1, 0.15) is 24.5 Å². The summed E-state index contributed by atoms with van der Waals surface area (Å²) in [5.41, 5.74) is 2.25. The molecule has 0 atom stereocenters. The third kappa shape index (κ3) is 4.48. The zero-order valence-corrected chi connectivity index (χ0v) is 10.0. The summed E-state index contributed by atoms with van der Waals surface area (Å²) in [4.78, 5) is 2.30. The molecule has 1 rings (SSSR count). The van der Waals surface area contributed by atoms with Crippen molar-refractivity contribution >= 4 is 0 Å². The van der Waals surface area contributed by atoms with E-state index in [4.69, 9.17) is 5.11 Å². The first kappa shape index (κ1) is 12.8. The second-order valence-electron chi connectivity index (χ2n) is 3.89. The Hall–Kier alpha value is -1.30. The van der Waals surface area contributed by atoms with Crippen LogP contribution in [-0.2, 0) is 6.54 Å². The van der Waals surface area contributed by atoms with Crippen LogP contribution in [0.15, 0.2) is 24.3 Å². The molecule has 0 amide bonds. The van der Waals surface area contributed by atoms with Crippen molar-refractivity contribution in [3.63, 3.8) is 0 Å². The van der Waals surface area contributed by atoms with Crippen LogP contribution < -0.4 is 0 Å². The van der Waals surface area contributed by atoms with Crippen LogP contribution in [0.4, 0.5) is 0 Å². The van der Waals surface area contributed by atoms with Gasteiger partial charge in [-0.05, 0) is 37.7 Å².